The number of hydrogen-bond donors (Lipinski definition) is 1. The summed E-state index contributed by atoms with van der Waals surface area (Å²) in [4.78, 5) is 12.8. The minimum atomic E-state index is -0.430. The summed E-state index contributed by atoms with van der Waals surface area (Å²) in [5.74, 6) is 0.682. The van der Waals surface area contributed by atoms with Gasteiger partial charge in [-0.1, -0.05) is 46.0 Å². The van der Waals surface area contributed by atoms with Gasteiger partial charge < -0.3 is 14.6 Å². The van der Waals surface area contributed by atoms with Crippen LogP contribution in [0.5, 0.6) is 5.75 Å². The molecule has 0 fully saturated rings. The fraction of sp³-hybridized carbons (Fsp3) is 0.136. The van der Waals surface area contributed by atoms with E-state index >= 15 is 0 Å². The van der Waals surface area contributed by atoms with Crippen LogP contribution in [0.4, 0.5) is 5.69 Å². The molecule has 0 aliphatic carbocycles. The Morgan fingerprint density at radius 3 is 2.62 bits per heavy atom. The summed E-state index contributed by atoms with van der Waals surface area (Å²) >= 11 is 18.0. The zero-order valence-corrected chi connectivity index (χ0v) is 19.1. The second kappa shape index (κ2) is 9.65. The summed E-state index contributed by atoms with van der Waals surface area (Å²) < 4.78 is 12.6. The zero-order chi connectivity index (χ0) is 22.7. The lowest BCUT2D eigenvalue weighted by Gasteiger charge is -2.07. The molecule has 4 rings (SSSR count). The number of aromatic nitrogens is 3. The number of ether oxygens (including phenoxy) is 1. The van der Waals surface area contributed by atoms with Crippen LogP contribution in [0.25, 0.3) is 0 Å². The first-order valence-corrected chi connectivity index (χ1v) is 10.6. The minimum Gasteiger partial charge on any atom is -0.489 e. The van der Waals surface area contributed by atoms with E-state index in [0.29, 0.717) is 44.4 Å². The molecule has 0 saturated heterocycles. The summed E-state index contributed by atoms with van der Waals surface area (Å²) in [6.45, 7) is 2.27. The normalized spacial score (nSPS) is 10.9. The molecule has 0 unspecified atom stereocenters. The van der Waals surface area contributed by atoms with Crippen LogP contribution in [-0.2, 0) is 13.2 Å². The molecule has 7 nitrogen and oxygen atoms in total. The number of nitrogens with one attached hydrogen (secondary N) is 1. The Balaban J connectivity index is 1.42. The van der Waals surface area contributed by atoms with E-state index in [0.717, 1.165) is 5.56 Å². The highest BCUT2D eigenvalue weighted by Crippen LogP contribution is 2.23. The summed E-state index contributed by atoms with van der Waals surface area (Å²) in [7, 11) is 0. The van der Waals surface area contributed by atoms with Crippen LogP contribution in [0.15, 0.2) is 59.4 Å². The maximum absolute atomic E-state index is 12.8. The summed E-state index contributed by atoms with van der Waals surface area (Å²) in [5, 5.41) is 12.6. The van der Waals surface area contributed by atoms with Crippen molar-refractivity contribution in [2.75, 3.05) is 5.32 Å². The van der Waals surface area contributed by atoms with Crippen molar-refractivity contribution in [2.45, 2.75) is 20.1 Å². The molecule has 0 spiro atoms. The molecule has 164 valence electrons. The Hall–Kier alpha value is -3.00. The van der Waals surface area contributed by atoms with E-state index in [1.165, 1.54) is 0 Å². The monoisotopic (exact) mass is 490 g/mol. The zero-order valence-electron chi connectivity index (χ0n) is 16.8. The molecule has 2 aromatic heterocycles. The molecule has 1 N–H and O–H groups in total. The second-order valence-electron chi connectivity index (χ2n) is 6.92. The molecule has 32 heavy (non-hydrogen) atoms. The predicted octanol–water partition coefficient (Wildman–Crippen LogP) is 6.02. The van der Waals surface area contributed by atoms with E-state index < -0.39 is 5.91 Å². The molecule has 0 atom stereocenters. The van der Waals surface area contributed by atoms with Gasteiger partial charge in [-0.15, -0.1) is 0 Å². The number of aryl methyl sites for hydroxylation is 1. The van der Waals surface area contributed by atoms with Gasteiger partial charge in [0.2, 0.25) is 0 Å². The topological polar surface area (TPSA) is 82.2 Å². The highest BCUT2D eigenvalue weighted by Gasteiger charge is 2.21. The number of carbonyl (C=O) groups excluding carboxylic acids is 1. The second-order valence-corrected chi connectivity index (χ2v) is 8.21. The van der Waals surface area contributed by atoms with Crippen molar-refractivity contribution in [3.05, 3.63) is 92.5 Å². The van der Waals surface area contributed by atoms with Crippen LogP contribution in [0.1, 0.15) is 27.4 Å². The molecule has 0 saturated carbocycles. The van der Waals surface area contributed by atoms with Crippen molar-refractivity contribution in [1.82, 2.24) is 14.9 Å². The third kappa shape index (κ3) is 5.24. The van der Waals surface area contributed by atoms with Crippen LogP contribution in [0.2, 0.25) is 15.1 Å². The Morgan fingerprint density at radius 2 is 1.88 bits per heavy atom. The lowest BCUT2D eigenvalue weighted by Crippen LogP contribution is -2.15. The Kier molecular flexibility index (Phi) is 6.69. The van der Waals surface area contributed by atoms with Gasteiger partial charge in [0.25, 0.3) is 5.91 Å². The number of hydrogen-bond acceptors (Lipinski definition) is 5. The average Bonchev–Trinajstić information content (AvgIpc) is 3.36. The van der Waals surface area contributed by atoms with Crippen LogP contribution in [-0.4, -0.2) is 20.8 Å². The summed E-state index contributed by atoms with van der Waals surface area (Å²) in [6, 6.07) is 12.2. The number of halogens is 3. The number of amides is 1. The SMILES string of the molecule is Cc1onc(C(=O)Nc2cnn(Cc3ccc(Cl)cc3Cl)c2)c1COc1ccc(Cl)cc1. The molecular weight excluding hydrogens is 475 g/mol. The Bertz CT molecular complexity index is 1250. The smallest absolute Gasteiger partial charge is 0.278 e. The van der Waals surface area contributed by atoms with Crippen molar-refractivity contribution >= 4 is 46.4 Å². The Labute approximate surface area is 198 Å². The fourth-order valence-corrected chi connectivity index (χ4v) is 3.55. The third-order valence-corrected chi connectivity index (χ3v) is 5.47. The number of carbonyl (C=O) groups is 1. The van der Waals surface area contributed by atoms with Crippen molar-refractivity contribution in [2.24, 2.45) is 0 Å². The van der Waals surface area contributed by atoms with E-state index in [1.54, 1.807) is 60.4 Å². The highest BCUT2D eigenvalue weighted by molar-refractivity contribution is 6.35. The van der Waals surface area contributed by atoms with E-state index in [-0.39, 0.29) is 12.3 Å². The van der Waals surface area contributed by atoms with Crippen LogP contribution < -0.4 is 10.1 Å². The highest BCUT2D eigenvalue weighted by atomic mass is 35.5. The van der Waals surface area contributed by atoms with Gasteiger partial charge in [-0.2, -0.15) is 5.10 Å². The quantitative estimate of drug-likeness (QED) is 0.342. The van der Waals surface area contributed by atoms with E-state index in [4.69, 9.17) is 44.1 Å². The predicted molar refractivity (Wildman–Crippen MR) is 123 cm³/mol. The van der Waals surface area contributed by atoms with Crippen molar-refractivity contribution < 1.29 is 14.1 Å². The molecule has 0 radical (unpaired) electrons. The molecule has 0 aliphatic rings. The van der Waals surface area contributed by atoms with Gasteiger partial charge in [-0.25, -0.2) is 0 Å². The third-order valence-electron chi connectivity index (χ3n) is 4.64. The van der Waals surface area contributed by atoms with Gasteiger partial charge >= 0.3 is 0 Å². The van der Waals surface area contributed by atoms with Gasteiger partial charge in [0.15, 0.2) is 5.69 Å². The molecular formula is C22H17Cl3N4O3. The molecule has 0 bridgehead atoms. The molecule has 1 amide bonds. The lowest BCUT2D eigenvalue weighted by atomic mass is 10.2. The number of rotatable bonds is 7. The van der Waals surface area contributed by atoms with Crippen molar-refractivity contribution in [1.29, 1.82) is 0 Å². The van der Waals surface area contributed by atoms with Gasteiger partial charge in [0.1, 0.15) is 18.1 Å². The maximum Gasteiger partial charge on any atom is 0.278 e. The number of anilines is 1. The summed E-state index contributed by atoms with van der Waals surface area (Å²) in [5.41, 5.74) is 2.05. The molecule has 4 aromatic rings. The van der Waals surface area contributed by atoms with Gasteiger partial charge in [-0.05, 0) is 48.9 Å². The average molecular weight is 492 g/mol. The first-order chi connectivity index (χ1) is 15.4. The summed E-state index contributed by atoms with van der Waals surface area (Å²) in [6.07, 6.45) is 3.23. The van der Waals surface area contributed by atoms with Crippen LogP contribution in [0, 0.1) is 6.92 Å². The van der Waals surface area contributed by atoms with Gasteiger partial charge in [-0.3, -0.25) is 9.48 Å². The molecule has 2 aromatic carbocycles. The minimum absolute atomic E-state index is 0.119. The van der Waals surface area contributed by atoms with E-state index in [9.17, 15) is 4.79 Å². The van der Waals surface area contributed by atoms with E-state index in [2.05, 4.69) is 15.6 Å². The molecule has 0 aliphatic heterocycles. The van der Waals surface area contributed by atoms with E-state index in [1.807, 2.05) is 6.07 Å². The van der Waals surface area contributed by atoms with Gasteiger partial charge in [0, 0.05) is 21.3 Å². The van der Waals surface area contributed by atoms with Crippen LogP contribution in [0.3, 0.4) is 0 Å². The van der Waals surface area contributed by atoms with Crippen molar-refractivity contribution in [3.8, 4) is 5.75 Å². The first-order valence-electron chi connectivity index (χ1n) is 9.50. The van der Waals surface area contributed by atoms with Crippen molar-refractivity contribution in [3.63, 3.8) is 0 Å². The molecule has 2 heterocycles. The van der Waals surface area contributed by atoms with Crippen LogP contribution >= 0.6 is 34.8 Å². The number of benzene rings is 2. The fourth-order valence-electron chi connectivity index (χ4n) is 2.96. The maximum atomic E-state index is 12.8. The first kappa shape index (κ1) is 22.2. The Morgan fingerprint density at radius 1 is 1.12 bits per heavy atom. The lowest BCUT2D eigenvalue weighted by molar-refractivity contribution is 0.101. The van der Waals surface area contributed by atoms with Gasteiger partial charge in [0.05, 0.1) is 24.0 Å². The largest absolute Gasteiger partial charge is 0.489 e. The molecule has 10 heteroatoms. The number of nitrogens with zero attached hydrogens (tertiary/aromatic N) is 3. The standard InChI is InChI=1S/C22H17Cl3N4O3/c1-13-19(12-31-18-6-4-15(23)5-7-18)21(28-32-13)22(30)27-17-9-26-29(11-17)10-14-2-3-16(24)8-20(14)25/h2-9,11H,10,12H2,1H3,(H,27,30).